The molecule has 4 fully saturated rings. The molecule has 0 heterocycles. The van der Waals surface area contributed by atoms with E-state index < -0.39 is 46.9 Å². The quantitative estimate of drug-likeness (QED) is 0.291. The minimum atomic E-state index is -1.74. The first-order chi connectivity index (χ1) is 20.3. The van der Waals surface area contributed by atoms with Crippen LogP contribution < -0.4 is 5.32 Å². The molecule has 236 valence electrons. The Labute approximate surface area is 252 Å². The molecule has 5 aliphatic carbocycles. The van der Waals surface area contributed by atoms with E-state index in [2.05, 4.69) is 12.2 Å². The maximum atomic E-state index is 13.4. The molecular weight excluding hydrogens is 554 g/mol. The van der Waals surface area contributed by atoms with Gasteiger partial charge in [-0.25, -0.2) is 0 Å². The van der Waals surface area contributed by atoms with Crippen molar-refractivity contribution in [3.05, 3.63) is 23.8 Å². The van der Waals surface area contributed by atoms with Crippen molar-refractivity contribution >= 4 is 29.4 Å². The number of ether oxygens (including phenoxy) is 1. The Balaban J connectivity index is 1.12. The Hall–Kier alpha value is -2.85. The lowest BCUT2D eigenvalue weighted by molar-refractivity contribution is -0.181. The first-order valence-corrected chi connectivity index (χ1v) is 15.8. The number of amides is 1. The highest BCUT2D eigenvalue weighted by Gasteiger charge is 2.68. The zero-order valence-corrected chi connectivity index (χ0v) is 25.2. The number of nitrogens with one attached hydrogen (secondary N) is 1. The Bertz CT molecular complexity index is 1230. The molecule has 0 aromatic carbocycles. The molecule has 4 N–H and O–H groups in total. The summed E-state index contributed by atoms with van der Waals surface area (Å²) in [5.74, 6) is -2.54. The van der Waals surface area contributed by atoms with E-state index in [1.165, 1.54) is 0 Å². The van der Waals surface area contributed by atoms with Crippen LogP contribution in [0.3, 0.4) is 0 Å². The second-order valence-electron chi connectivity index (χ2n) is 14.1. The predicted octanol–water partition coefficient (Wildman–Crippen LogP) is 2.90. The number of esters is 1. The monoisotopic (exact) mass is 599 g/mol. The van der Waals surface area contributed by atoms with Crippen LogP contribution in [-0.2, 0) is 28.7 Å². The van der Waals surface area contributed by atoms with Crippen molar-refractivity contribution in [1.29, 1.82) is 0 Å². The number of aliphatic carboxylic acids is 1. The van der Waals surface area contributed by atoms with Gasteiger partial charge in [-0.2, -0.15) is 0 Å². The van der Waals surface area contributed by atoms with Crippen LogP contribution in [0.2, 0.25) is 0 Å². The lowest BCUT2D eigenvalue weighted by atomic mass is 9.46. The van der Waals surface area contributed by atoms with Crippen molar-refractivity contribution in [2.45, 2.75) is 96.2 Å². The van der Waals surface area contributed by atoms with Gasteiger partial charge in [0.25, 0.3) is 0 Å². The molecule has 0 saturated heterocycles. The highest BCUT2D eigenvalue weighted by atomic mass is 16.5. The van der Waals surface area contributed by atoms with Gasteiger partial charge in [0.1, 0.15) is 5.60 Å². The molecule has 0 radical (unpaired) electrons. The van der Waals surface area contributed by atoms with Crippen LogP contribution >= 0.6 is 0 Å². The van der Waals surface area contributed by atoms with Gasteiger partial charge in [-0.05, 0) is 87.7 Å². The maximum Gasteiger partial charge on any atom is 0.306 e. The number of aliphatic hydroxyl groups is 2. The van der Waals surface area contributed by atoms with Crippen molar-refractivity contribution in [2.75, 3.05) is 13.2 Å². The molecule has 0 unspecified atom stereocenters. The number of aliphatic hydroxyl groups excluding tert-OH is 1. The number of allylic oxidation sites excluding steroid dienone is 4. The average molecular weight is 600 g/mol. The van der Waals surface area contributed by atoms with Gasteiger partial charge in [0.15, 0.2) is 12.4 Å². The third kappa shape index (κ3) is 5.72. The van der Waals surface area contributed by atoms with Crippen LogP contribution in [0, 0.1) is 40.4 Å². The Morgan fingerprint density at radius 3 is 2.47 bits per heavy atom. The molecule has 10 heteroatoms. The highest BCUT2D eigenvalue weighted by Crippen LogP contribution is 2.67. The van der Waals surface area contributed by atoms with E-state index in [0.717, 1.165) is 31.3 Å². The Morgan fingerprint density at radius 2 is 1.77 bits per heavy atom. The van der Waals surface area contributed by atoms with Crippen LogP contribution in [0.15, 0.2) is 23.8 Å². The summed E-state index contributed by atoms with van der Waals surface area (Å²) >= 11 is 0. The summed E-state index contributed by atoms with van der Waals surface area (Å²) in [6, 6.07) is 0. The molecule has 0 aromatic rings. The summed E-state index contributed by atoms with van der Waals surface area (Å²) in [6.07, 6.45) is 9.38. The van der Waals surface area contributed by atoms with E-state index >= 15 is 0 Å². The first-order valence-electron chi connectivity index (χ1n) is 15.8. The van der Waals surface area contributed by atoms with Gasteiger partial charge in [0, 0.05) is 29.7 Å². The van der Waals surface area contributed by atoms with Gasteiger partial charge < -0.3 is 25.4 Å². The van der Waals surface area contributed by atoms with Crippen molar-refractivity contribution in [2.24, 2.45) is 40.4 Å². The van der Waals surface area contributed by atoms with E-state index in [0.29, 0.717) is 25.8 Å². The molecule has 0 bridgehead atoms. The van der Waals surface area contributed by atoms with E-state index in [1.807, 2.05) is 13.0 Å². The molecule has 4 saturated carbocycles. The Kier molecular flexibility index (Phi) is 8.75. The smallest absolute Gasteiger partial charge is 0.306 e. The maximum absolute atomic E-state index is 13.4. The van der Waals surface area contributed by atoms with E-state index in [1.54, 1.807) is 12.2 Å². The van der Waals surface area contributed by atoms with Crippen LogP contribution in [0.4, 0.5) is 0 Å². The summed E-state index contributed by atoms with van der Waals surface area (Å²) in [5.41, 5.74) is -2.02. The fourth-order valence-electron chi connectivity index (χ4n) is 9.30. The summed E-state index contributed by atoms with van der Waals surface area (Å²) < 4.78 is 5.22. The van der Waals surface area contributed by atoms with Gasteiger partial charge in [-0.15, -0.1) is 0 Å². The summed E-state index contributed by atoms with van der Waals surface area (Å²) in [7, 11) is 0. The van der Waals surface area contributed by atoms with Crippen molar-refractivity contribution < 1.29 is 44.0 Å². The fourth-order valence-corrected chi connectivity index (χ4v) is 9.30. The summed E-state index contributed by atoms with van der Waals surface area (Å²) in [5, 5.41) is 35.2. The van der Waals surface area contributed by atoms with Gasteiger partial charge >= 0.3 is 11.9 Å². The molecule has 7 atom stereocenters. The summed E-state index contributed by atoms with van der Waals surface area (Å²) in [4.78, 5) is 61.2. The van der Waals surface area contributed by atoms with Crippen LogP contribution in [-0.4, -0.2) is 69.6 Å². The highest BCUT2D eigenvalue weighted by molar-refractivity contribution is 6.01. The number of carboxylic acid groups (broad SMARTS) is 1. The molecule has 0 spiro atoms. The lowest BCUT2D eigenvalue weighted by Crippen LogP contribution is -2.61. The number of fused-ring (bicyclic) bond motifs is 5. The summed E-state index contributed by atoms with van der Waals surface area (Å²) in [6.45, 7) is 3.79. The molecule has 0 aromatic heterocycles. The third-order valence-corrected chi connectivity index (χ3v) is 11.8. The zero-order chi connectivity index (χ0) is 31.2. The molecule has 5 aliphatic rings. The number of Topliss-reactive ketones (excluding diaryl/α,β-unsaturated/α-hetero) is 1. The fraction of sp³-hybridized carbons (Fsp3) is 0.727. The number of hydrogen-bond donors (Lipinski definition) is 4. The average Bonchev–Trinajstić information content (AvgIpc) is 3.24. The second-order valence-corrected chi connectivity index (χ2v) is 14.1. The predicted molar refractivity (Wildman–Crippen MR) is 154 cm³/mol. The standard InChI is InChI=1S/C33H45NO9/c1-31-13-11-22(35)15-21(31)7-8-23-24-12-14-33(42,32(24,2)16-25(36)29(23)31)26(37)18-43-28(39)10-9-27(38)34-17-19-3-5-20(6-4-19)30(40)41/h11,13,15,19-20,23-25,29,36,42H,3-10,12,14,16-18H2,1-2H3,(H,34,38)(H,40,41)/t19?,20?,23-,24-,25-,29+,31-,32-,33+/m0/s1. The molecular formula is C33H45NO9. The molecule has 10 nitrogen and oxygen atoms in total. The minimum absolute atomic E-state index is 0.00201. The van der Waals surface area contributed by atoms with Gasteiger partial charge in [0.05, 0.1) is 18.4 Å². The van der Waals surface area contributed by atoms with Gasteiger partial charge in [-0.1, -0.05) is 25.5 Å². The number of rotatable bonds is 9. The number of carboxylic acids is 1. The van der Waals surface area contributed by atoms with Crippen molar-refractivity contribution in [1.82, 2.24) is 5.32 Å². The number of ketones is 2. The van der Waals surface area contributed by atoms with Crippen molar-refractivity contribution in [3.63, 3.8) is 0 Å². The topological polar surface area (TPSA) is 167 Å². The molecule has 43 heavy (non-hydrogen) atoms. The molecule has 0 aliphatic heterocycles. The SMILES string of the molecule is C[C@]12C=CC(=O)C=C1CC[C@@H]1[C@@H]2[C@@H](O)C[C@@]2(C)[C@H]1CC[C@@]2(O)C(=O)COC(=O)CCC(=O)NCC1CCC(C(=O)O)CC1. The Morgan fingerprint density at radius 1 is 1.05 bits per heavy atom. The molecule has 1 amide bonds. The van der Waals surface area contributed by atoms with Crippen molar-refractivity contribution in [3.8, 4) is 0 Å². The van der Waals surface area contributed by atoms with E-state index in [-0.39, 0.29) is 67.0 Å². The number of carbonyl (C=O) groups is 5. The van der Waals surface area contributed by atoms with Crippen LogP contribution in [0.5, 0.6) is 0 Å². The number of carbonyl (C=O) groups excluding carboxylic acids is 4. The van der Waals surface area contributed by atoms with E-state index in [9.17, 15) is 34.2 Å². The van der Waals surface area contributed by atoms with Gasteiger partial charge in [0.2, 0.25) is 11.7 Å². The number of hydrogen-bond acceptors (Lipinski definition) is 8. The van der Waals surface area contributed by atoms with E-state index in [4.69, 9.17) is 9.84 Å². The lowest BCUT2D eigenvalue weighted by Gasteiger charge is -2.59. The first kappa shape index (κ1) is 31.6. The molecule has 5 rings (SSSR count). The zero-order valence-electron chi connectivity index (χ0n) is 25.2. The largest absolute Gasteiger partial charge is 0.481 e. The van der Waals surface area contributed by atoms with Gasteiger partial charge in [-0.3, -0.25) is 24.0 Å². The second kappa shape index (κ2) is 11.9. The minimum Gasteiger partial charge on any atom is -0.481 e. The van der Waals surface area contributed by atoms with Crippen LogP contribution in [0.1, 0.15) is 84.5 Å². The van der Waals surface area contributed by atoms with Crippen LogP contribution in [0.25, 0.3) is 0 Å². The normalized spacial score (nSPS) is 40.0. The third-order valence-electron chi connectivity index (χ3n) is 11.8.